The van der Waals surface area contributed by atoms with E-state index in [9.17, 15) is 9.59 Å². The molecule has 2 amide bonds. The molecule has 0 saturated heterocycles. The second-order valence-corrected chi connectivity index (χ2v) is 6.64. The maximum absolute atomic E-state index is 12.8. The fourth-order valence-electron chi connectivity index (χ4n) is 3.01. The van der Waals surface area contributed by atoms with Gasteiger partial charge in [0.1, 0.15) is 11.2 Å². The average molecular weight is 352 g/mol. The van der Waals surface area contributed by atoms with Crippen LogP contribution in [0.15, 0.2) is 54.6 Å². The number of ether oxygens (including phenoxy) is 1. The molecule has 26 heavy (non-hydrogen) atoms. The summed E-state index contributed by atoms with van der Waals surface area (Å²) in [7, 11) is 1.75. The molecule has 136 valence electrons. The molecule has 0 aliphatic heterocycles. The SMILES string of the molecule is CCOc1ccc(NC(=O)C2(C(=O)N(C)Cc3ccccc3)CC2)cc1. The van der Waals surface area contributed by atoms with Gasteiger partial charge in [-0.3, -0.25) is 9.59 Å². The molecule has 1 aliphatic rings. The highest BCUT2D eigenvalue weighted by molar-refractivity contribution is 6.12. The lowest BCUT2D eigenvalue weighted by Crippen LogP contribution is -2.40. The standard InChI is InChI=1S/C21H24N2O3/c1-3-26-18-11-9-17(10-12-18)22-19(24)21(13-14-21)20(25)23(2)15-16-7-5-4-6-8-16/h4-12H,3,13-15H2,1-2H3,(H,22,24). The van der Waals surface area contributed by atoms with Crippen LogP contribution in [0.5, 0.6) is 5.75 Å². The second-order valence-electron chi connectivity index (χ2n) is 6.64. The molecule has 0 spiro atoms. The molecule has 0 atom stereocenters. The van der Waals surface area contributed by atoms with Crippen molar-refractivity contribution in [2.75, 3.05) is 19.0 Å². The van der Waals surface area contributed by atoms with Crippen molar-refractivity contribution in [3.05, 3.63) is 60.2 Å². The molecule has 5 nitrogen and oxygen atoms in total. The van der Waals surface area contributed by atoms with E-state index < -0.39 is 5.41 Å². The Hall–Kier alpha value is -2.82. The highest BCUT2D eigenvalue weighted by Gasteiger charge is 2.57. The maximum Gasteiger partial charge on any atom is 0.240 e. The molecule has 1 N–H and O–H groups in total. The van der Waals surface area contributed by atoms with Crippen LogP contribution in [0.25, 0.3) is 0 Å². The van der Waals surface area contributed by atoms with Crippen molar-refractivity contribution in [3.63, 3.8) is 0 Å². The first kappa shape index (κ1) is 18.0. The van der Waals surface area contributed by atoms with Crippen LogP contribution in [0.3, 0.4) is 0 Å². The number of nitrogens with one attached hydrogen (secondary N) is 1. The van der Waals surface area contributed by atoms with Gasteiger partial charge in [0.05, 0.1) is 6.61 Å². The van der Waals surface area contributed by atoms with Crippen molar-refractivity contribution >= 4 is 17.5 Å². The Morgan fingerprint density at radius 3 is 2.31 bits per heavy atom. The predicted molar refractivity (Wildman–Crippen MR) is 101 cm³/mol. The number of rotatable bonds is 7. The Balaban J connectivity index is 1.63. The zero-order valence-corrected chi connectivity index (χ0v) is 15.2. The van der Waals surface area contributed by atoms with Crippen LogP contribution < -0.4 is 10.1 Å². The largest absolute Gasteiger partial charge is 0.494 e. The minimum Gasteiger partial charge on any atom is -0.494 e. The summed E-state index contributed by atoms with van der Waals surface area (Å²) in [6.45, 7) is 3.01. The van der Waals surface area contributed by atoms with Gasteiger partial charge in [0, 0.05) is 19.3 Å². The number of amides is 2. The van der Waals surface area contributed by atoms with Crippen LogP contribution >= 0.6 is 0 Å². The lowest BCUT2D eigenvalue weighted by molar-refractivity contribution is -0.141. The number of anilines is 1. The fraction of sp³-hybridized carbons (Fsp3) is 0.333. The zero-order valence-electron chi connectivity index (χ0n) is 15.2. The Morgan fingerprint density at radius 2 is 1.73 bits per heavy atom. The van der Waals surface area contributed by atoms with E-state index in [4.69, 9.17) is 4.74 Å². The van der Waals surface area contributed by atoms with Crippen molar-refractivity contribution < 1.29 is 14.3 Å². The third-order valence-corrected chi connectivity index (χ3v) is 4.63. The molecule has 0 heterocycles. The molecule has 2 aromatic carbocycles. The van der Waals surface area contributed by atoms with Crippen LogP contribution in [0.1, 0.15) is 25.3 Å². The minimum absolute atomic E-state index is 0.121. The summed E-state index contributed by atoms with van der Waals surface area (Å²) in [6.07, 6.45) is 1.18. The third kappa shape index (κ3) is 3.87. The number of carbonyl (C=O) groups is 2. The summed E-state index contributed by atoms with van der Waals surface area (Å²) in [5.74, 6) is 0.404. The summed E-state index contributed by atoms with van der Waals surface area (Å²) in [5.41, 5.74) is 0.789. The van der Waals surface area contributed by atoms with Crippen molar-refractivity contribution in [1.82, 2.24) is 4.90 Å². The first-order chi connectivity index (χ1) is 12.5. The molecule has 0 unspecified atom stereocenters. The van der Waals surface area contributed by atoms with Crippen LogP contribution in [-0.4, -0.2) is 30.4 Å². The summed E-state index contributed by atoms with van der Waals surface area (Å²) >= 11 is 0. The number of hydrogen-bond donors (Lipinski definition) is 1. The number of benzene rings is 2. The van der Waals surface area contributed by atoms with Crippen LogP contribution in [0.4, 0.5) is 5.69 Å². The minimum atomic E-state index is -0.928. The zero-order chi connectivity index (χ0) is 18.6. The number of nitrogens with zero attached hydrogens (tertiary/aromatic N) is 1. The van der Waals surface area contributed by atoms with Gasteiger partial charge in [0.2, 0.25) is 11.8 Å². The molecule has 1 saturated carbocycles. The van der Waals surface area contributed by atoms with Crippen LogP contribution in [0, 0.1) is 5.41 Å². The Kier molecular flexibility index (Phi) is 5.26. The smallest absolute Gasteiger partial charge is 0.240 e. The molecule has 2 aromatic rings. The van der Waals surface area contributed by atoms with Gasteiger partial charge in [-0.15, -0.1) is 0 Å². The van der Waals surface area contributed by atoms with E-state index in [2.05, 4.69) is 5.32 Å². The molecule has 5 heteroatoms. The van der Waals surface area contributed by atoms with E-state index in [0.717, 1.165) is 11.3 Å². The van der Waals surface area contributed by atoms with Gasteiger partial charge in [-0.2, -0.15) is 0 Å². The molecule has 1 fully saturated rings. The second kappa shape index (κ2) is 7.60. The molecular weight excluding hydrogens is 328 g/mol. The molecule has 3 rings (SSSR count). The van der Waals surface area contributed by atoms with Crippen molar-refractivity contribution in [3.8, 4) is 5.75 Å². The van der Waals surface area contributed by atoms with Crippen LogP contribution in [0.2, 0.25) is 0 Å². The number of hydrogen-bond acceptors (Lipinski definition) is 3. The van der Waals surface area contributed by atoms with Gasteiger partial charge < -0.3 is 15.0 Å². The van der Waals surface area contributed by atoms with Crippen molar-refractivity contribution in [1.29, 1.82) is 0 Å². The van der Waals surface area contributed by atoms with Gasteiger partial charge in [0.15, 0.2) is 0 Å². The monoisotopic (exact) mass is 352 g/mol. The maximum atomic E-state index is 12.8. The molecule has 0 radical (unpaired) electrons. The highest BCUT2D eigenvalue weighted by Crippen LogP contribution is 2.48. The highest BCUT2D eigenvalue weighted by atomic mass is 16.5. The molecular formula is C21H24N2O3. The van der Waals surface area contributed by atoms with Gasteiger partial charge >= 0.3 is 0 Å². The van der Waals surface area contributed by atoms with Gasteiger partial charge in [0.25, 0.3) is 0 Å². The van der Waals surface area contributed by atoms with E-state index in [1.807, 2.05) is 49.4 Å². The van der Waals surface area contributed by atoms with Gasteiger partial charge in [-0.1, -0.05) is 30.3 Å². The summed E-state index contributed by atoms with van der Waals surface area (Å²) < 4.78 is 5.40. The molecule has 1 aliphatic carbocycles. The lowest BCUT2D eigenvalue weighted by Gasteiger charge is -2.23. The van der Waals surface area contributed by atoms with E-state index >= 15 is 0 Å². The van der Waals surface area contributed by atoms with Crippen molar-refractivity contribution in [2.45, 2.75) is 26.3 Å². The van der Waals surface area contributed by atoms with E-state index in [0.29, 0.717) is 31.7 Å². The van der Waals surface area contributed by atoms with Gasteiger partial charge in [-0.25, -0.2) is 0 Å². The predicted octanol–water partition coefficient (Wildman–Crippen LogP) is 3.46. The van der Waals surface area contributed by atoms with Crippen LogP contribution in [-0.2, 0) is 16.1 Å². The normalized spacial score (nSPS) is 14.4. The first-order valence-electron chi connectivity index (χ1n) is 8.89. The summed E-state index contributed by atoms with van der Waals surface area (Å²) in [4.78, 5) is 27.2. The average Bonchev–Trinajstić information content (AvgIpc) is 3.46. The molecule has 0 aromatic heterocycles. The Labute approximate surface area is 154 Å². The Morgan fingerprint density at radius 1 is 1.08 bits per heavy atom. The summed E-state index contributed by atoms with van der Waals surface area (Å²) in [6, 6.07) is 17.0. The van der Waals surface area contributed by atoms with E-state index in [1.54, 1.807) is 24.1 Å². The first-order valence-corrected chi connectivity index (χ1v) is 8.89. The fourth-order valence-corrected chi connectivity index (χ4v) is 3.01. The quantitative estimate of drug-likeness (QED) is 0.777. The number of carbonyl (C=O) groups excluding carboxylic acids is 2. The van der Waals surface area contributed by atoms with E-state index in [1.165, 1.54) is 0 Å². The van der Waals surface area contributed by atoms with E-state index in [-0.39, 0.29) is 11.8 Å². The van der Waals surface area contributed by atoms with Crippen molar-refractivity contribution in [2.24, 2.45) is 5.41 Å². The van der Waals surface area contributed by atoms with Gasteiger partial charge in [-0.05, 0) is 49.6 Å². The summed E-state index contributed by atoms with van der Waals surface area (Å²) in [5, 5.41) is 2.87. The third-order valence-electron chi connectivity index (χ3n) is 4.63. The topological polar surface area (TPSA) is 58.6 Å². The Bertz CT molecular complexity index is 768. The lowest BCUT2D eigenvalue weighted by atomic mass is 10.0. The molecule has 0 bridgehead atoms.